The standard InChI is InChI=1S/C15H14N2O4/c18-15(19)14(12-4-2-1-3-5-12)16-10-11-6-8-13(9-7-11)17(20)21/h1-9,14,16H,10H2,(H,18,19). The smallest absolute Gasteiger partial charge is 0.325 e. The summed E-state index contributed by atoms with van der Waals surface area (Å²) in [4.78, 5) is 21.4. The van der Waals surface area contributed by atoms with E-state index in [0.29, 0.717) is 12.1 Å². The molecule has 21 heavy (non-hydrogen) atoms. The van der Waals surface area contributed by atoms with Gasteiger partial charge in [-0.05, 0) is 11.1 Å². The number of carboxylic acid groups (broad SMARTS) is 1. The molecule has 2 N–H and O–H groups in total. The lowest BCUT2D eigenvalue weighted by molar-refractivity contribution is -0.384. The van der Waals surface area contributed by atoms with Gasteiger partial charge in [0.25, 0.3) is 5.69 Å². The first-order valence-corrected chi connectivity index (χ1v) is 6.32. The number of nitrogens with one attached hydrogen (secondary N) is 1. The monoisotopic (exact) mass is 286 g/mol. The number of benzene rings is 2. The van der Waals surface area contributed by atoms with Gasteiger partial charge in [-0.15, -0.1) is 0 Å². The fourth-order valence-corrected chi connectivity index (χ4v) is 1.95. The lowest BCUT2D eigenvalue weighted by atomic mass is 10.1. The number of nitrogens with zero attached hydrogens (tertiary/aromatic N) is 1. The molecular weight excluding hydrogens is 272 g/mol. The maximum Gasteiger partial charge on any atom is 0.325 e. The fourth-order valence-electron chi connectivity index (χ4n) is 1.95. The van der Waals surface area contributed by atoms with E-state index >= 15 is 0 Å². The zero-order valence-electron chi connectivity index (χ0n) is 11.1. The van der Waals surface area contributed by atoms with Gasteiger partial charge in [-0.1, -0.05) is 42.5 Å². The molecule has 2 rings (SSSR count). The van der Waals surface area contributed by atoms with Gasteiger partial charge in [0.05, 0.1) is 4.92 Å². The van der Waals surface area contributed by atoms with Crippen molar-refractivity contribution in [3.63, 3.8) is 0 Å². The second kappa shape index (κ2) is 6.62. The minimum absolute atomic E-state index is 0.0107. The Labute approximate surface area is 121 Å². The molecule has 1 atom stereocenters. The first-order valence-electron chi connectivity index (χ1n) is 6.32. The van der Waals surface area contributed by atoms with Crippen LogP contribution in [0.15, 0.2) is 54.6 Å². The van der Waals surface area contributed by atoms with Crippen LogP contribution in [0.2, 0.25) is 0 Å². The Morgan fingerprint density at radius 1 is 1.14 bits per heavy atom. The molecule has 0 saturated heterocycles. The molecule has 0 spiro atoms. The van der Waals surface area contributed by atoms with E-state index < -0.39 is 16.9 Å². The quantitative estimate of drug-likeness (QED) is 0.628. The third-order valence-electron chi connectivity index (χ3n) is 3.04. The topological polar surface area (TPSA) is 92.5 Å². The summed E-state index contributed by atoms with van der Waals surface area (Å²) in [7, 11) is 0. The van der Waals surface area contributed by atoms with Crippen molar-refractivity contribution in [2.24, 2.45) is 0 Å². The lowest BCUT2D eigenvalue weighted by Crippen LogP contribution is -2.28. The molecule has 0 radical (unpaired) electrons. The van der Waals surface area contributed by atoms with Crippen LogP contribution in [-0.2, 0) is 11.3 Å². The second-order valence-corrected chi connectivity index (χ2v) is 4.49. The summed E-state index contributed by atoms with van der Waals surface area (Å²) in [5, 5.41) is 22.8. The van der Waals surface area contributed by atoms with E-state index in [1.165, 1.54) is 12.1 Å². The van der Waals surface area contributed by atoms with Crippen LogP contribution in [0.5, 0.6) is 0 Å². The molecule has 0 aliphatic heterocycles. The number of nitro benzene ring substituents is 1. The van der Waals surface area contributed by atoms with E-state index in [1.807, 2.05) is 6.07 Å². The molecule has 108 valence electrons. The van der Waals surface area contributed by atoms with Crippen LogP contribution in [0.4, 0.5) is 5.69 Å². The van der Waals surface area contributed by atoms with Gasteiger partial charge in [-0.3, -0.25) is 20.2 Å². The summed E-state index contributed by atoms with van der Waals surface area (Å²) in [5.41, 5.74) is 1.45. The minimum Gasteiger partial charge on any atom is -0.480 e. The molecule has 0 saturated carbocycles. The van der Waals surface area contributed by atoms with E-state index in [2.05, 4.69) is 5.32 Å². The van der Waals surface area contributed by atoms with Crippen molar-refractivity contribution in [1.82, 2.24) is 5.32 Å². The van der Waals surface area contributed by atoms with Crippen molar-refractivity contribution in [2.75, 3.05) is 0 Å². The fraction of sp³-hybridized carbons (Fsp3) is 0.133. The van der Waals surface area contributed by atoms with Gasteiger partial charge in [0.1, 0.15) is 6.04 Å². The zero-order chi connectivity index (χ0) is 15.2. The largest absolute Gasteiger partial charge is 0.480 e. The SMILES string of the molecule is O=C(O)C(NCc1ccc([N+](=O)[O-])cc1)c1ccccc1. The predicted octanol–water partition coefficient (Wildman–Crippen LogP) is 2.51. The minimum atomic E-state index is -0.969. The average molecular weight is 286 g/mol. The zero-order valence-corrected chi connectivity index (χ0v) is 11.1. The van der Waals surface area contributed by atoms with E-state index in [0.717, 1.165) is 5.56 Å². The lowest BCUT2D eigenvalue weighted by Gasteiger charge is -2.14. The summed E-state index contributed by atoms with van der Waals surface area (Å²) >= 11 is 0. The summed E-state index contributed by atoms with van der Waals surface area (Å²) in [5.74, 6) is -0.969. The summed E-state index contributed by atoms with van der Waals surface area (Å²) in [6.07, 6.45) is 0. The van der Waals surface area contributed by atoms with Crippen LogP contribution < -0.4 is 5.32 Å². The highest BCUT2D eigenvalue weighted by molar-refractivity contribution is 5.75. The Morgan fingerprint density at radius 2 is 1.76 bits per heavy atom. The number of carbonyl (C=O) groups is 1. The van der Waals surface area contributed by atoms with Crippen LogP contribution in [0.25, 0.3) is 0 Å². The van der Waals surface area contributed by atoms with Crippen molar-refractivity contribution in [2.45, 2.75) is 12.6 Å². The molecule has 0 bridgehead atoms. The number of nitro groups is 1. The number of rotatable bonds is 6. The number of carboxylic acids is 1. The number of non-ortho nitro benzene ring substituents is 1. The van der Waals surface area contributed by atoms with Crippen LogP contribution in [0.1, 0.15) is 17.2 Å². The Balaban J connectivity index is 2.05. The molecular formula is C15H14N2O4. The highest BCUT2D eigenvalue weighted by Crippen LogP contribution is 2.15. The molecule has 2 aromatic carbocycles. The summed E-state index contributed by atoms with van der Waals surface area (Å²) < 4.78 is 0. The molecule has 0 amide bonds. The Morgan fingerprint density at radius 3 is 2.29 bits per heavy atom. The molecule has 0 heterocycles. The van der Waals surface area contributed by atoms with Crippen molar-refractivity contribution < 1.29 is 14.8 Å². The Hall–Kier alpha value is -2.73. The van der Waals surface area contributed by atoms with Crippen molar-refractivity contribution >= 4 is 11.7 Å². The molecule has 0 aliphatic carbocycles. The maximum atomic E-state index is 11.3. The van der Waals surface area contributed by atoms with Gasteiger partial charge >= 0.3 is 5.97 Å². The third kappa shape index (κ3) is 3.87. The molecule has 0 aliphatic rings. The van der Waals surface area contributed by atoms with Gasteiger partial charge in [-0.25, -0.2) is 0 Å². The van der Waals surface area contributed by atoms with Crippen LogP contribution in [-0.4, -0.2) is 16.0 Å². The van der Waals surface area contributed by atoms with Gasteiger partial charge in [0.15, 0.2) is 0 Å². The Bertz CT molecular complexity index is 626. The third-order valence-corrected chi connectivity index (χ3v) is 3.04. The predicted molar refractivity (Wildman–Crippen MR) is 76.8 cm³/mol. The van der Waals surface area contributed by atoms with Crippen LogP contribution >= 0.6 is 0 Å². The van der Waals surface area contributed by atoms with Gasteiger partial charge < -0.3 is 5.11 Å². The molecule has 6 nitrogen and oxygen atoms in total. The van der Waals surface area contributed by atoms with E-state index in [1.54, 1.807) is 36.4 Å². The molecule has 1 unspecified atom stereocenters. The normalized spacial score (nSPS) is 11.8. The molecule has 0 aromatic heterocycles. The van der Waals surface area contributed by atoms with Crippen LogP contribution in [0, 0.1) is 10.1 Å². The van der Waals surface area contributed by atoms with Gasteiger partial charge in [-0.2, -0.15) is 0 Å². The van der Waals surface area contributed by atoms with E-state index in [4.69, 9.17) is 0 Å². The first-order chi connectivity index (χ1) is 10.1. The summed E-state index contributed by atoms with van der Waals surface area (Å²) in [6, 6.07) is 14.0. The van der Waals surface area contributed by atoms with E-state index in [9.17, 15) is 20.0 Å². The molecule has 2 aromatic rings. The summed E-state index contributed by atoms with van der Waals surface area (Å²) in [6.45, 7) is 0.309. The van der Waals surface area contributed by atoms with Crippen molar-refractivity contribution in [1.29, 1.82) is 0 Å². The van der Waals surface area contributed by atoms with Gasteiger partial charge in [0, 0.05) is 18.7 Å². The van der Waals surface area contributed by atoms with Crippen LogP contribution in [0.3, 0.4) is 0 Å². The average Bonchev–Trinajstić information content (AvgIpc) is 2.48. The number of aliphatic carboxylic acids is 1. The maximum absolute atomic E-state index is 11.3. The molecule has 0 fully saturated rings. The first kappa shape index (κ1) is 14.7. The highest BCUT2D eigenvalue weighted by atomic mass is 16.6. The van der Waals surface area contributed by atoms with Crippen molar-refractivity contribution in [3.8, 4) is 0 Å². The highest BCUT2D eigenvalue weighted by Gasteiger charge is 2.18. The number of hydrogen-bond donors (Lipinski definition) is 2. The van der Waals surface area contributed by atoms with Gasteiger partial charge in [0.2, 0.25) is 0 Å². The molecule has 6 heteroatoms. The number of hydrogen-bond acceptors (Lipinski definition) is 4. The Kier molecular flexibility index (Phi) is 4.63. The van der Waals surface area contributed by atoms with E-state index in [-0.39, 0.29) is 5.69 Å². The van der Waals surface area contributed by atoms with Crippen molar-refractivity contribution in [3.05, 3.63) is 75.8 Å². The second-order valence-electron chi connectivity index (χ2n) is 4.49.